The Morgan fingerprint density at radius 1 is 1.00 bits per heavy atom. The van der Waals surface area contributed by atoms with E-state index in [9.17, 15) is 0 Å². The second kappa shape index (κ2) is 6.19. The molecule has 0 amide bonds. The van der Waals surface area contributed by atoms with Gasteiger partial charge in [0.05, 0.1) is 0 Å². The third kappa shape index (κ3) is 3.99. The van der Waals surface area contributed by atoms with E-state index in [4.69, 9.17) is 0 Å². The maximum absolute atomic E-state index is 2.51. The topological polar surface area (TPSA) is 0 Å². The monoisotopic (exact) mass is 266 g/mol. The molecule has 0 heteroatoms. The molecule has 0 aromatic heterocycles. The van der Waals surface area contributed by atoms with Gasteiger partial charge in [0.25, 0.3) is 0 Å². The second-order valence-corrected chi connectivity index (χ2v) is 8.87. The van der Waals surface area contributed by atoms with Crippen LogP contribution in [0.2, 0.25) is 0 Å². The van der Waals surface area contributed by atoms with Crippen LogP contribution in [0.3, 0.4) is 0 Å². The summed E-state index contributed by atoms with van der Waals surface area (Å²) < 4.78 is 0. The van der Waals surface area contributed by atoms with E-state index in [2.05, 4.69) is 55.4 Å². The van der Waals surface area contributed by atoms with Crippen LogP contribution in [0, 0.1) is 34.5 Å². The van der Waals surface area contributed by atoms with E-state index in [0.29, 0.717) is 10.8 Å². The van der Waals surface area contributed by atoms with Gasteiger partial charge in [-0.05, 0) is 47.3 Å². The van der Waals surface area contributed by atoms with Crippen LogP contribution in [0.1, 0.15) is 87.5 Å². The first-order chi connectivity index (χ1) is 8.63. The molecular formula is C19H38. The van der Waals surface area contributed by atoms with Crippen molar-refractivity contribution in [1.82, 2.24) is 0 Å². The van der Waals surface area contributed by atoms with E-state index in [1.807, 2.05) is 0 Å². The van der Waals surface area contributed by atoms with Crippen LogP contribution in [-0.2, 0) is 0 Å². The van der Waals surface area contributed by atoms with Gasteiger partial charge >= 0.3 is 0 Å². The van der Waals surface area contributed by atoms with Crippen molar-refractivity contribution in [2.75, 3.05) is 0 Å². The number of rotatable bonds is 4. The number of hydrogen-bond donors (Lipinski definition) is 0. The first kappa shape index (κ1) is 17.1. The summed E-state index contributed by atoms with van der Waals surface area (Å²) in [6.45, 7) is 19.6. The molecule has 4 unspecified atom stereocenters. The minimum Gasteiger partial charge on any atom is -0.0651 e. The van der Waals surface area contributed by atoms with Crippen LogP contribution in [0.5, 0.6) is 0 Å². The summed E-state index contributed by atoms with van der Waals surface area (Å²) in [5, 5.41) is 0. The fraction of sp³-hybridized carbons (Fsp3) is 1.00. The Morgan fingerprint density at radius 3 is 2.00 bits per heavy atom. The highest BCUT2D eigenvalue weighted by atomic mass is 14.5. The quantitative estimate of drug-likeness (QED) is 0.541. The molecule has 4 atom stereocenters. The molecule has 1 fully saturated rings. The zero-order valence-electron chi connectivity index (χ0n) is 14.8. The Hall–Kier alpha value is 0. The zero-order chi connectivity index (χ0) is 14.8. The maximum atomic E-state index is 2.51. The van der Waals surface area contributed by atoms with Gasteiger partial charge in [-0.2, -0.15) is 0 Å². The van der Waals surface area contributed by atoms with Crippen molar-refractivity contribution in [1.29, 1.82) is 0 Å². The van der Waals surface area contributed by atoms with E-state index in [-0.39, 0.29) is 0 Å². The molecule has 0 N–H and O–H groups in total. The van der Waals surface area contributed by atoms with Gasteiger partial charge < -0.3 is 0 Å². The molecule has 0 aromatic rings. The predicted octanol–water partition coefficient (Wildman–Crippen LogP) is 6.55. The average Bonchev–Trinajstić information content (AvgIpc) is 2.30. The summed E-state index contributed by atoms with van der Waals surface area (Å²) in [4.78, 5) is 0. The summed E-state index contributed by atoms with van der Waals surface area (Å²) in [6.07, 6.45) is 7.05. The SMILES string of the molecule is CCC(C1CC(C(C)(C)CC)CCC1C)C(C)(C)C. The fourth-order valence-corrected chi connectivity index (χ4v) is 4.47. The molecule has 19 heavy (non-hydrogen) atoms. The van der Waals surface area contributed by atoms with Crippen LogP contribution in [0.4, 0.5) is 0 Å². The molecule has 0 saturated heterocycles. The molecule has 0 aliphatic heterocycles. The van der Waals surface area contributed by atoms with Gasteiger partial charge in [-0.25, -0.2) is 0 Å². The van der Waals surface area contributed by atoms with Gasteiger partial charge in [0.2, 0.25) is 0 Å². The molecule has 0 radical (unpaired) electrons. The first-order valence-corrected chi connectivity index (χ1v) is 8.63. The summed E-state index contributed by atoms with van der Waals surface area (Å²) >= 11 is 0. The third-order valence-electron chi connectivity index (χ3n) is 6.34. The molecule has 1 saturated carbocycles. The standard InChI is InChI=1S/C19H38/c1-9-17(18(4,5)6)16-13-15(12-11-14(16)3)19(7,8)10-2/h14-17H,9-13H2,1-8H3. The highest BCUT2D eigenvalue weighted by molar-refractivity contribution is 4.91. The number of hydrogen-bond acceptors (Lipinski definition) is 0. The van der Waals surface area contributed by atoms with Gasteiger partial charge in [0, 0.05) is 0 Å². The minimum absolute atomic E-state index is 0.464. The average molecular weight is 267 g/mol. The first-order valence-electron chi connectivity index (χ1n) is 8.63. The lowest BCUT2D eigenvalue weighted by Crippen LogP contribution is -2.39. The largest absolute Gasteiger partial charge is 0.0651 e. The Balaban J connectivity index is 2.87. The molecule has 0 nitrogen and oxygen atoms in total. The van der Waals surface area contributed by atoms with E-state index in [1.165, 1.54) is 32.1 Å². The molecule has 0 bridgehead atoms. The Bertz CT molecular complexity index is 268. The van der Waals surface area contributed by atoms with Crippen molar-refractivity contribution >= 4 is 0 Å². The lowest BCUT2D eigenvalue weighted by Gasteiger charge is -2.48. The second-order valence-electron chi connectivity index (χ2n) is 8.87. The Kier molecular flexibility index (Phi) is 5.55. The van der Waals surface area contributed by atoms with Crippen molar-refractivity contribution in [3.8, 4) is 0 Å². The summed E-state index contributed by atoms with van der Waals surface area (Å²) in [5.41, 5.74) is 1.00. The third-order valence-corrected chi connectivity index (χ3v) is 6.34. The van der Waals surface area contributed by atoms with E-state index >= 15 is 0 Å². The van der Waals surface area contributed by atoms with E-state index in [1.54, 1.807) is 0 Å². The van der Waals surface area contributed by atoms with Crippen LogP contribution < -0.4 is 0 Å². The van der Waals surface area contributed by atoms with Crippen LogP contribution >= 0.6 is 0 Å². The molecule has 0 heterocycles. The summed E-state index contributed by atoms with van der Waals surface area (Å²) in [7, 11) is 0. The molecule has 1 aliphatic rings. The van der Waals surface area contributed by atoms with Crippen molar-refractivity contribution in [3.63, 3.8) is 0 Å². The lowest BCUT2D eigenvalue weighted by atomic mass is 9.58. The highest BCUT2D eigenvalue weighted by Gasteiger charge is 2.41. The summed E-state index contributed by atoms with van der Waals surface area (Å²) in [5.74, 6) is 3.69. The van der Waals surface area contributed by atoms with Crippen molar-refractivity contribution < 1.29 is 0 Å². The normalized spacial score (nSPS) is 31.3. The minimum atomic E-state index is 0.464. The van der Waals surface area contributed by atoms with E-state index in [0.717, 1.165) is 23.7 Å². The highest BCUT2D eigenvalue weighted by Crippen LogP contribution is 2.50. The molecule has 1 rings (SSSR count). The lowest BCUT2D eigenvalue weighted by molar-refractivity contribution is 0.0207. The Morgan fingerprint density at radius 2 is 1.58 bits per heavy atom. The van der Waals surface area contributed by atoms with Gasteiger partial charge in [-0.3, -0.25) is 0 Å². The van der Waals surface area contributed by atoms with Crippen LogP contribution in [0.25, 0.3) is 0 Å². The predicted molar refractivity (Wildman–Crippen MR) is 87.3 cm³/mol. The van der Waals surface area contributed by atoms with Gasteiger partial charge in [-0.1, -0.05) is 74.7 Å². The van der Waals surface area contributed by atoms with Gasteiger partial charge in [0.1, 0.15) is 0 Å². The van der Waals surface area contributed by atoms with Crippen LogP contribution in [-0.4, -0.2) is 0 Å². The van der Waals surface area contributed by atoms with Gasteiger partial charge in [0.15, 0.2) is 0 Å². The maximum Gasteiger partial charge on any atom is -0.0328 e. The molecule has 1 aliphatic carbocycles. The summed E-state index contributed by atoms with van der Waals surface area (Å²) in [6, 6.07) is 0. The van der Waals surface area contributed by atoms with Crippen molar-refractivity contribution in [2.24, 2.45) is 34.5 Å². The van der Waals surface area contributed by atoms with E-state index < -0.39 is 0 Å². The fourth-order valence-electron chi connectivity index (χ4n) is 4.47. The van der Waals surface area contributed by atoms with Crippen LogP contribution in [0.15, 0.2) is 0 Å². The smallest absolute Gasteiger partial charge is 0.0328 e. The molecule has 0 spiro atoms. The molecule has 0 aromatic carbocycles. The van der Waals surface area contributed by atoms with Crippen molar-refractivity contribution in [3.05, 3.63) is 0 Å². The van der Waals surface area contributed by atoms with Crippen molar-refractivity contribution in [2.45, 2.75) is 87.5 Å². The molecule has 114 valence electrons. The zero-order valence-corrected chi connectivity index (χ0v) is 14.8. The molecular weight excluding hydrogens is 228 g/mol. The Labute approximate surface area is 122 Å². The van der Waals surface area contributed by atoms with Gasteiger partial charge in [-0.15, -0.1) is 0 Å².